The van der Waals surface area contributed by atoms with E-state index in [2.05, 4.69) is 22.2 Å². The fourth-order valence-corrected chi connectivity index (χ4v) is 2.81. The first kappa shape index (κ1) is 13.2. The van der Waals surface area contributed by atoms with Gasteiger partial charge < -0.3 is 5.32 Å². The fourth-order valence-electron chi connectivity index (χ4n) is 2.81. The van der Waals surface area contributed by atoms with Gasteiger partial charge in [-0.15, -0.1) is 0 Å². The Morgan fingerprint density at radius 2 is 2.10 bits per heavy atom. The zero-order chi connectivity index (χ0) is 13.8. The van der Waals surface area contributed by atoms with Crippen molar-refractivity contribution >= 4 is 0 Å². The van der Waals surface area contributed by atoms with E-state index in [-0.39, 0.29) is 0 Å². The van der Waals surface area contributed by atoms with Crippen molar-refractivity contribution in [2.45, 2.75) is 38.6 Å². The number of rotatable bonds is 3. The minimum absolute atomic E-state index is 0.406. The molecule has 0 saturated heterocycles. The van der Waals surface area contributed by atoms with Gasteiger partial charge in [-0.3, -0.25) is 4.98 Å². The highest BCUT2D eigenvalue weighted by Crippen LogP contribution is 2.28. The van der Waals surface area contributed by atoms with Crippen molar-refractivity contribution in [3.8, 4) is 11.4 Å². The van der Waals surface area contributed by atoms with Crippen molar-refractivity contribution in [2.75, 3.05) is 6.54 Å². The predicted molar refractivity (Wildman–Crippen MR) is 79.2 cm³/mol. The second-order valence-corrected chi connectivity index (χ2v) is 5.19. The van der Waals surface area contributed by atoms with Gasteiger partial charge in [0, 0.05) is 41.5 Å². The van der Waals surface area contributed by atoms with Crippen LogP contribution in [-0.2, 0) is 6.42 Å². The maximum atomic E-state index is 4.80. The van der Waals surface area contributed by atoms with Gasteiger partial charge >= 0.3 is 0 Å². The highest BCUT2D eigenvalue weighted by atomic mass is 14.9. The van der Waals surface area contributed by atoms with Crippen molar-refractivity contribution in [3.05, 3.63) is 42.0 Å². The zero-order valence-electron chi connectivity index (χ0n) is 11.8. The third kappa shape index (κ3) is 2.70. The molecule has 2 heterocycles. The second-order valence-electron chi connectivity index (χ2n) is 5.19. The van der Waals surface area contributed by atoms with Crippen LogP contribution in [0.3, 0.4) is 0 Å². The maximum Gasteiger partial charge on any atom is 0.159 e. The third-order valence-electron chi connectivity index (χ3n) is 3.82. The second kappa shape index (κ2) is 6.09. The minimum Gasteiger partial charge on any atom is -0.310 e. The topological polar surface area (TPSA) is 50.7 Å². The molecule has 0 saturated carbocycles. The molecule has 0 aromatic carbocycles. The summed E-state index contributed by atoms with van der Waals surface area (Å²) >= 11 is 0. The van der Waals surface area contributed by atoms with Crippen LogP contribution in [0.2, 0.25) is 0 Å². The quantitative estimate of drug-likeness (QED) is 0.870. The van der Waals surface area contributed by atoms with Crippen molar-refractivity contribution in [1.82, 2.24) is 20.3 Å². The lowest BCUT2D eigenvalue weighted by Gasteiger charge is -2.17. The Morgan fingerprint density at radius 3 is 2.90 bits per heavy atom. The predicted octanol–water partition coefficient (Wildman–Crippen LogP) is 2.92. The summed E-state index contributed by atoms with van der Waals surface area (Å²) in [6.07, 6.45) is 10.3. The van der Waals surface area contributed by atoms with Crippen LogP contribution >= 0.6 is 0 Å². The van der Waals surface area contributed by atoms with E-state index in [1.165, 1.54) is 30.5 Å². The Labute approximate surface area is 119 Å². The van der Waals surface area contributed by atoms with Gasteiger partial charge in [-0.05, 0) is 37.9 Å². The van der Waals surface area contributed by atoms with E-state index in [0.717, 1.165) is 24.4 Å². The van der Waals surface area contributed by atoms with Crippen LogP contribution in [0.4, 0.5) is 0 Å². The molecule has 2 aromatic rings. The summed E-state index contributed by atoms with van der Waals surface area (Å²) in [4.78, 5) is 13.4. The van der Waals surface area contributed by atoms with E-state index in [1.807, 2.05) is 18.3 Å². The van der Waals surface area contributed by atoms with Crippen LogP contribution in [-0.4, -0.2) is 21.5 Å². The summed E-state index contributed by atoms with van der Waals surface area (Å²) < 4.78 is 0. The number of nitrogens with one attached hydrogen (secondary N) is 1. The number of pyridine rings is 1. The smallest absolute Gasteiger partial charge is 0.159 e. The number of aromatic nitrogens is 3. The normalized spacial score (nSPS) is 18.4. The Hall–Kier alpha value is -1.81. The Balaban J connectivity index is 1.97. The van der Waals surface area contributed by atoms with E-state index >= 15 is 0 Å². The molecule has 104 valence electrons. The molecule has 0 aliphatic heterocycles. The molecule has 1 N–H and O–H groups in total. The minimum atomic E-state index is 0.406. The van der Waals surface area contributed by atoms with Gasteiger partial charge in [-0.2, -0.15) is 0 Å². The van der Waals surface area contributed by atoms with Crippen molar-refractivity contribution < 1.29 is 0 Å². The standard InChI is InChI=1S/C16H20N4/c1-2-18-14-5-3-4-6-15-13(14)11-19-16(20-15)12-7-9-17-10-8-12/h7-11,14,18H,2-6H2,1H3. The lowest BCUT2D eigenvalue weighted by atomic mass is 10.0. The van der Waals surface area contributed by atoms with Crippen molar-refractivity contribution in [2.24, 2.45) is 0 Å². The van der Waals surface area contributed by atoms with Crippen LogP contribution in [0.25, 0.3) is 11.4 Å². The van der Waals surface area contributed by atoms with Crippen molar-refractivity contribution in [1.29, 1.82) is 0 Å². The van der Waals surface area contributed by atoms with Gasteiger partial charge in [0.15, 0.2) is 5.82 Å². The average molecular weight is 268 g/mol. The molecule has 4 heteroatoms. The first-order valence-electron chi connectivity index (χ1n) is 7.38. The van der Waals surface area contributed by atoms with E-state index in [0.29, 0.717) is 6.04 Å². The molecule has 2 aromatic heterocycles. The molecule has 1 aliphatic rings. The lowest BCUT2D eigenvalue weighted by Crippen LogP contribution is -2.21. The van der Waals surface area contributed by atoms with Gasteiger partial charge in [0.1, 0.15) is 0 Å². The van der Waals surface area contributed by atoms with Gasteiger partial charge in [0.25, 0.3) is 0 Å². The molecule has 0 radical (unpaired) electrons. The maximum absolute atomic E-state index is 4.80. The van der Waals surface area contributed by atoms with Crippen molar-refractivity contribution in [3.63, 3.8) is 0 Å². The summed E-state index contributed by atoms with van der Waals surface area (Å²) in [7, 11) is 0. The summed E-state index contributed by atoms with van der Waals surface area (Å²) in [6, 6.07) is 4.32. The monoisotopic (exact) mass is 268 g/mol. The zero-order valence-corrected chi connectivity index (χ0v) is 11.8. The third-order valence-corrected chi connectivity index (χ3v) is 3.82. The van der Waals surface area contributed by atoms with Crippen LogP contribution in [0.15, 0.2) is 30.7 Å². The Morgan fingerprint density at radius 1 is 1.25 bits per heavy atom. The molecular formula is C16H20N4. The Bertz CT molecular complexity index is 568. The van der Waals surface area contributed by atoms with Crippen LogP contribution in [0.5, 0.6) is 0 Å². The molecule has 4 nitrogen and oxygen atoms in total. The molecule has 0 bridgehead atoms. The van der Waals surface area contributed by atoms with Crippen LogP contribution in [0, 0.1) is 0 Å². The molecular weight excluding hydrogens is 248 g/mol. The molecule has 0 spiro atoms. The first-order chi connectivity index (χ1) is 9.88. The number of hydrogen-bond donors (Lipinski definition) is 1. The molecule has 0 amide bonds. The number of aryl methyl sites for hydroxylation is 1. The van der Waals surface area contributed by atoms with Gasteiger partial charge in [-0.25, -0.2) is 9.97 Å². The number of fused-ring (bicyclic) bond motifs is 1. The van der Waals surface area contributed by atoms with Gasteiger partial charge in [0.05, 0.1) is 0 Å². The molecule has 1 atom stereocenters. The van der Waals surface area contributed by atoms with E-state index < -0.39 is 0 Å². The molecule has 3 rings (SSSR count). The van der Waals surface area contributed by atoms with Gasteiger partial charge in [-0.1, -0.05) is 13.3 Å². The van der Waals surface area contributed by atoms with E-state index in [1.54, 1.807) is 12.4 Å². The molecule has 0 fully saturated rings. The van der Waals surface area contributed by atoms with Crippen LogP contribution in [0.1, 0.15) is 43.5 Å². The first-order valence-corrected chi connectivity index (χ1v) is 7.38. The summed E-state index contributed by atoms with van der Waals surface area (Å²) in [5.41, 5.74) is 3.52. The molecule has 1 aliphatic carbocycles. The Kier molecular flexibility index (Phi) is 4.02. The van der Waals surface area contributed by atoms with Gasteiger partial charge in [0.2, 0.25) is 0 Å². The number of hydrogen-bond acceptors (Lipinski definition) is 4. The lowest BCUT2D eigenvalue weighted by molar-refractivity contribution is 0.502. The molecule has 20 heavy (non-hydrogen) atoms. The van der Waals surface area contributed by atoms with Crippen LogP contribution < -0.4 is 5.32 Å². The summed E-state index contributed by atoms with van der Waals surface area (Å²) in [6.45, 7) is 3.13. The van der Waals surface area contributed by atoms with E-state index in [4.69, 9.17) is 4.98 Å². The fraction of sp³-hybridized carbons (Fsp3) is 0.438. The van der Waals surface area contributed by atoms with E-state index in [9.17, 15) is 0 Å². The summed E-state index contributed by atoms with van der Waals surface area (Å²) in [5.74, 6) is 0.809. The SMILES string of the molecule is CCNC1CCCCc2nc(-c3ccncc3)ncc21. The highest BCUT2D eigenvalue weighted by molar-refractivity contribution is 5.54. The highest BCUT2D eigenvalue weighted by Gasteiger charge is 2.20. The summed E-state index contributed by atoms with van der Waals surface area (Å²) in [5, 5.41) is 3.55. The largest absolute Gasteiger partial charge is 0.310 e. The molecule has 1 unspecified atom stereocenters. The number of nitrogens with zero attached hydrogens (tertiary/aromatic N) is 3. The average Bonchev–Trinajstić information content (AvgIpc) is 2.71.